The van der Waals surface area contributed by atoms with Crippen molar-refractivity contribution in [3.63, 3.8) is 0 Å². The maximum absolute atomic E-state index is 11.4. The Balaban J connectivity index is 2.28. The minimum absolute atomic E-state index is 0.0216. The third-order valence-corrected chi connectivity index (χ3v) is 2.71. The first-order chi connectivity index (χ1) is 8.11. The number of hydrogen-bond donors (Lipinski definition) is 2. The predicted molar refractivity (Wildman–Crippen MR) is 70.9 cm³/mol. The number of hydrogen-bond acceptors (Lipinski definition) is 3. The third kappa shape index (κ3) is 5.70. The number of benzene rings is 1. The molecule has 0 aromatic heterocycles. The second-order valence-electron chi connectivity index (χ2n) is 3.89. The van der Waals surface area contributed by atoms with E-state index >= 15 is 0 Å². The van der Waals surface area contributed by atoms with Crippen LogP contribution in [0.3, 0.4) is 0 Å². The molecule has 0 radical (unpaired) electrons. The summed E-state index contributed by atoms with van der Waals surface area (Å²) in [6.07, 6.45) is 0. The zero-order valence-electron chi connectivity index (χ0n) is 9.78. The van der Waals surface area contributed by atoms with Crippen LogP contribution in [-0.4, -0.2) is 25.6 Å². The van der Waals surface area contributed by atoms with E-state index in [1.54, 1.807) is 6.07 Å². The normalized spacial score (nSPS) is 11.9. The van der Waals surface area contributed by atoms with E-state index in [1.807, 2.05) is 25.1 Å². The van der Waals surface area contributed by atoms with Gasteiger partial charge < -0.3 is 15.8 Å². The summed E-state index contributed by atoms with van der Waals surface area (Å²) in [6, 6.07) is 7.38. The van der Waals surface area contributed by atoms with Crippen molar-refractivity contribution in [3.8, 4) is 5.75 Å². The average molecular weight is 301 g/mol. The lowest BCUT2D eigenvalue weighted by molar-refractivity contribution is -0.123. The minimum atomic E-state index is -0.134. The Morgan fingerprint density at radius 2 is 2.35 bits per heavy atom. The molecule has 1 amide bonds. The van der Waals surface area contributed by atoms with Gasteiger partial charge in [0, 0.05) is 11.0 Å². The molecule has 1 atom stereocenters. The number of carbonyl (C=O) groups is 1. The van der Waals surface area contributed by atoms with Crippen molar-refractivity contribution in [1.82, 2.24) is 5.32 Å². The summed E-state index contributed by atoms with van der Waals surface area (Å²) in [7, 11) is 0. The number of carbonyl (C=O) groups excluding carboxylic acids is 1. The Hall–Kier alpha value is -1.07. The highest BCUT2D eigenvalue weighted by atomic mass is 79.9. The molecule has 0 heterocycles. The summed E-state index contributed by atoms with van der Waals surface area (Å²) in [5.41, 5.74) is 5.45. The van der Waals surface area contributed by atoms with Crippen LogP contribution in [-0.2, 0) is 4.79 Å². The average Bonchev–Trinajstić information content (AvgIpc) is 2.33. The Bertz CT molecular complexity index is 371. The van der Waals surface area contributed by atoms with E-state index < -0.39 is 0 Å². The van der Waals surface area contributed by atoms with Crippen LogP contribution >= 0.6 is 15.9 Å². The molecular weight excluding hydrogens is 284 g/mol. The summed E-state index contributed by atoms with van der Waals surface area (Å²) in [5.74, 6) is 0.816. The second kappa shape index (κ2) is 7.29. The van der Waals surface area contributed by atoms with Gasteiger partial charge in [-0.3, -0.25) is 4.79 Å². The van der Waals surface area contributed by atoms with Crippen LogP contribution in [0.15, 0.2) is 28.7 Å². The second-order valence-corrected chi connectivity index (χ2v) is 4.81. The Morgan fingerprint density at radius 1 is 1.59 bits per heavy atom. The molecule has 3 N–H and O–H groups in total. The van der Waals surface area contributed by atoms with E-state index in [2.05, 4.69) is 21.2 Å². The van der Waals surface area contributed by atoms with Gasteiger partial charge in [-0.05, 0) is 30.7 Å². The van der Waals surface area contributed by atoms with Crippen molar-refractivity contribution in [2.45, 2.75) is 6.92 Å². The molecule has 0 saturated heterocycles. The molecule has 1 aromatic carbocycles. The van der Waals surface area contributed by atoms with Gasteiger partial charge >= 0.3 is 0 Å². The number of nitrogens with two attached hydrogens (primary N) is 1. The van der Waals surface area contributed by atoms with Crippen molar-refractivity contribution in [2.24, 2.45) is 11.7 Å². The molecule has 0 spiro atoms. The number of nitrogens with one attached hydrogen (secondary N) is 1. The SMILES string of the molecule is CC(CN)CNC(=O)COc1cccc(Br)c1. The van der Waals surface area contributed by atoms with Crippen molar-refractivity contribution < 1.29 is 9.53 Å². The maximum Gasteiger partial charge on any atom is 0.257 e. The Kier molecular flexibility index (Phi) is 6.00. The van der Waals surface area contributed by atoms with Gasteiger partial charge in [0.25, 0.3) is 5.91 Å². The van der Waals surface area contributed by atoms with Crippen molar-refractivity contribution >= 4 is 21.8 Å². The van der Waals surface area contributed by atoms with E-state index in [9.17, 15) is 4.79 Å². The van der Waals surface area contributed by atoms with Crippen molar-refractivity contribution in [1.29, 1.82) is 0 Å². The monoisotopic (exact) mass is 300 g/mol. The van der Waals surface area contributed by atoms with Crippen LogP contribution in [0.5, 0.6) is 5.75 Å². The van der Waals surface area contributed by atoms with Crippen LogP contribution in [0, 0.1) is 5.92 Å². The van der Waals surface area contributed by atoms with E-state index in [-0.39, 0.29) is 18.4 Å². The topological polar surface area (TPSA) is 64.3 Å². The lowest BCUT2D eigenvalue weighted by Crippen LogP contribution is -2.34. The molecule has 0 bridgehead atoms. The molecule has 17 heavy (non-hydrogen) atoms. The molecule has 94 valence electrons. The third-order valence-electron chi connectivity index (χ3n) is 2.22. The molecule has 0 aliphatic carbocycles. The van der Waals surface area contributed by atoms with Gasteiger partial charge in [0.2, 0.25) is 0 Å². The molecule has 5 heteroatoms. The summed E-state index contributed by atoms with van der Waals surface area (Å²) in [6.45, 7) is 3.15. The van der Waals surface area contributed by atoms with E-state index in [4.69, 9.17) is 10.5 Å². The van der Waals surface area contributed by atoms with Gasteiger partial charge in [-0.1, -0.05) is 28.9 Å². The molecule has 0 aliphatic rings. The highest BCUT2D eigenvalue weighted by molar-refractivity contribution is 9.10. The smallest absolute Gasteiger partial charge is 0.257 e. The van der Waals surface area contributed by atoms with Gasteiger partial charge in [0.15, 0.2) is 6.61 Å². The minimum Gasteiger partial charge on any atom is -0.484 e. The first kappa shape index (κ1) is 14.0. The fraction of sp³-hybridized carbons (Fsp3) is 0.417. The largest absolute Gasteiger partial charge is 0.484 e. The quantitative estimate of drug-likeness (QED) is 0.837. The van der Waals surface area contributed by atoms with Gasteiger partial charge in [0.05, 0.1) is 0 Å². The fourth-order valence-electron chi connectivity index (χ4n) is 1.13. The highest BCUT2D eigenvalue weighted by Crippen LogP contribution is 2.17. The van der Waals surface area contributed by atoms with E-state index in [0.29, 0.717) is 18.8 Å². The number of rotatable bonds is 6. The first-order valence-corrected chi connectivity index (χ1v) is 6.26. The summed E-state index contributed by atoms with van der Waals surface area (Å²) >= 11 is 3.33. The van der Waals surface area contributed by atoms with E-state index in [0.717, 1.165) is 4.47 Å². The standard InChI is InChI=1S/C12H17BrN2O2/c1-9(6-14)7-15-12(16)8-17-11-4-2-3-10(13)5-11/h2-5,9H,6-8,14H2,1H3,(H,15,16). The van der Waals surface area contributed by atoms with Gasteiger partial charge in [0.1, 0.15) is 5.75 Å². The molecule has 4 nitrogen and oxygen atoms in total. The molecular formula is C12H17BrN2O2. The predicted octanol–water partition coefficient (Wildman–Crippen LogP) is 1.54. The molecule has 1 rings (SSSR count). The van der Waals surface area contributed by atoms with Crippen LogP contribution in [0.25, 0.3) is 0 Å². The zero-order valence-corrected chi connectivity index (χ0v) is 11.4. The van der Waals surface area contributed by atoms with Gasteiger partial charge in [-0.15, -0.1) is 0 Å². The number of halogens is 1. The lowest BCUT2D eigenvalue weighted by atomic mass is 10.2. The van der Waals surface area contributed by atoms with Crippen LogP contribution in [0.4, 0.5) is 0 Å². The molecule has 0 fully saturated rings. The summed E-state index contributed by atoms with van der Waals surface area (Å²) in [5, 5.41) is 2.76. The summed E-state index contributed by atoms with van der Waals surface area (Å²) in [4.78, 5) is 11.4. The Labute approximate surface area is 110 Å². The number of amides is 1. The lowest BCUT2D eigenvalue weighted by Gasteiger charge is -2.10. The first-order valence-electron chi connectivity index (χ1n) is 5.47. The molecule has 0 saturated carbocycles. The summed E-state index contributed by atoms with van der Waals surface area (Å²) < 4.78 is 6.26. The van der Waals surface area contributed by atoms with E-state index in [1.165, 1.54) is 0 Å². The highest BCUT2D eigenvalue weighted by Gasteiger charge is 2.05. The molecule has 1 unspecified atom stereocenters. The fourth-order valence-corrected chi connectivity index (χ4v) is 1.51. The molecule has 1 aromatic rings. The van der Waals surface area contributed by atoms with Crippen LogP contribution in [0.1, 0.15) is 6.92 Å². The van der Waals surface area contributed by atoms with Crippen molar-refractivity contribution in [3.05, 3.63) is 28.7 Å². The maximum atomic E-state index is 11.4. The van der Waals surface area contributed by atoms with Crippen LogP contribution < -0.4 is 15.8 Å². The Morgan fingerprint density at radius 3 is 3.00 bits per heavy atom. The zero-order chi connectivity index (χ0) is 12.7. The van der Waals surface area contributed by atoms with Crippen LogP contribution in [0.2, 0.25) is 0 Å². The van der Waals surface area contributed by atoms with Gasteiger partial charge in [-0.2, -0.15) is 0 Å². The van der Waals surface area contributed by atoms with Gasteiger partial charge in [-0.25, -0.2) is 0 Å². The number of ether oxygens (including phenoxy) is 1. The van der Waals surface area contributed by atoms with Crippen molar-refractivity contribution in [2.75, 3.05) is 19.7 Å². The molecule has 0 aliphatic heterocycles.